The van der Waals surface area contributed by atoms with E-state index in [9.17, 15) is 9.59 Å². The number of ether oxygens (including phenoxy) is 4. The van der Waals surface area contributed by atoms with Crippen LogP contribution in [-0.4, -0.2) is 46.8 Å². The highest BCUT2D eigenvalue weighted by atomic mass is 35.5. The molecule has 2 aromatic carbocycles. The van der Waals surface area contributed by atoms with Crippen LogP contribution in [0, 0.1) is 0 Å². The van der Waals surface area contributed by atoms with E-state index in [-0.39, 0.29) is 6.54 Å². The molecule has 2 amide bonds. The fraction of sp³-hybridized carbons (Fsp3) is 0.263. The Morgan fingerprint density at radius 1 is 0.857 bits per heavy atom. The molecular weight excluding hydrogens is 388 g/mol. The van der Waals surface area contributed by atoms with Gasteiger partial charge >= 0.3 is 0 Å². The Labute approximate surface area is 167 Å². The molecule has 8 nitrogen and oxygen atoms in total. The number of carbonyl (C=O) groups excluding carboxylic acids is 2. The summed E-state index contributed by atoms with van der Waals surface area (Å²) in [6.07, 6.45) is 0. The summed E-state index contributed by atoms with van der Waals surface area (Å²) in [4.78, 5) is 24.5. The molecular formula is C19H21ClN2O6. The van der Waals surface area contributed by atoms with Gasteiger partial charge < -0.3 is 29.6 Å². The summed E-state index contributed by atoms with van der Waals surface area (Å²) in [6, 6.07) is 7.77. The van der Waals surface area contributed by atoms with Crippen molar-refractivity contribution in [2.75, 3.05) is 40.3 Å². The van der Waals surface area contributed by atoms with Gasteiger partial charge in [-0.2, -0.15) is 0 Å². The van der Waals surface area contributed by atoms with Crippen molar-refractivity contribution in [2.45, 2.75) is 0 Å². The highest BCUT2D eigenvalue weighted by Crippen LogP contribution is 2.35. The maximum Gasteiger partial charge on any atom is 0.251 e. The van der Waals surface area contributed by atoms with Gasteiger partial charge in [0.1, 0.15) is 11.5 Å². The molecule has 0 bridgehead atoms. The largest absolute Gasteiger partial charge is 0.495 e. The summed E-state index contributed by atoms with van der Waals surface area (Å²) in [5.41, 5.74) is 0.689. The Balaban J connectivity index is 2.03. The molecule has 2 rings (SSSR count). The lowest BCUT2D eigenvalue weighted by atomic mass is 10.2. The predicted molar refractivity (Wildman–Crippen MR) is 105 cm³/mol. The Morgan fingerprint density at radius 3 is 2.11 bits per heavy atom. The number of amides is 2. The molecule has 150 valence electrons. The van der Waals surface area contributed by atoms with Gasteiger partial charge in [0.05, 0.1) is 45.7 Å². The van der Waals surface area contributed by atoms with E-state index < -0.39 is 11.8 Å². The van der Waals surface area contributed by atoms with Gasteiger partial charge in [-0.25, -0.2) is 0 Å². The molecule has 0 aliphatic carbocycles. The Kier molecular flexibility index (Phi) is 7.34. The lowest BCUT2D eigenvalue weighted by Crippen LogP contribution is -2.32. The number of hydrogen-bond donors (Lipinski definition) is 2. The molecule has 0 atom stereocenters. The van der Waals surface area contributed by atoms with Crippen molar-refractivity contribution in [3.05, 3.63) is 40.9 Å². The van der Waals surface area contributed by atoms with Crippen molar-refractivity contribution in [3.8, 4) is 23.0 Å². The second-order valence-electron chi connectivity index (χ2n) is 5.49. The molecule has 0 aliphatic rings. The number of methoxy groups -OCH3 is 4. The van der Waals surface area contributed by atoms with Crippen LogP contribution in [0.5, 0.6) is 23.0 Å². The molecule has 0 heterocycles. The zero-order valence-electron chi connectivity index (χ0n) is 15.9. The van der Waals surface area contributed by atoms with Crippen LogP contribution < -0.4 is 29.6 Å². The van der Waals surface area contributed by atoms with Crippen LogP contribution in [-0.2, 0) is 4.79 Å². The molecule has 0 spiro atoms. The number of halogens is 1. The first-order valence-corrected chi connectivity index (χ1v) is 8.52. The summed E-state index contributed by atoms with van der Waals surface area (Å²) < 4.78 is 20.6. The number of nitrogens with one attached hydrogen (secondary N) is 2. The standard InChI is InChI=1S/C19H21ClN2O6/c1-25-14-6-5-11(7-17(14)28-4)19(24)21-10-18(23)22-13-8-12(20)15(26-2)9-16(13)27-3/h5-9H,10H2,1-4H3,(H,21,24)(H,22,23). The van der Waals surface area contributed by atoms with Crippen LogP contribution in [0.4, 0.5) is 5.69 Å². The van der Waals surface area contributed by atoms with Gasteiger partial charge in [-0.05, 0) is 24.3 Å². The highest BCUT2D eigenvalue weighted by Gasteiger charge is 2.15. The molecule has 2 N–H and O–H groups in total. The monoisotopic (exact) mass is 408 g/mol. The molecule has 0 radical (unpaired) electrons. The molecule has 0 fully saturated rings. The fourth-order valence-corrected chi connectivity index (χ4v) is 2.63. The molecule has 0 saturated carbocycles. The Morgan fingerprint density at radius 2 is 1.50 bits per heavy atom. The Hall–Kier alpha value is -3.13. The van der Waals surface area contributed by atoms with E-state index in [1.807, 2.05) is 0 Å². The average Bonchev–Trinajstić information content (AvgIpc) is 2.71. The van der Waals surface area contributed by atoms with E-state index in [4.69, 9.17) is 30.5 Å². The third-order valence-electron chi connectivity index (χ3n) is 3.80. The maximum atomic E-state index is 12.3. The number of benzene rings is 2. The summed E-state index contributed by atoms with van der Waals surface area (Å²) in [5, 5.41) is 5.49. The molecule has 0 aliphatic heterocycles. The zero-order valence-corrected chi connectivity index (χ0v) is 16.7. The van der Waals surface area contributed by atoms with Crippen molar-refractivity contribution in [1.82, 2.24) is 5.32 Å². The molecule has 0 saturated heterocycles. The summed E-state index contributed by atoms with van der Waals surface area (Å²) in [6.45, 7) is -0.250. The predicted octanol–water partition coefficient (Wildman–Crippen LogP) is 2.74. The quantitative estimate of drug-likeness (QED) is 0.697. The van der Waals surface area contributed by atoms with Crippen LogP contribution in [0.1, 0.15) is 10.4 Å². The minimum atomic E-state index is -0.451. The van der Waals surface area contributed by atoms with Crippen molar-refractivity contribution in [3.63, 3.8) is 0 Å². The van der Waals surface area contributed by atoms with Gasteiger partial charge in [0.2, 0.25) is 5.91 Å². The van der Waals surface area contributed by atoms with E-state index >= 15 is 0 Å². The minimum absolute atomic E-state index is 0.250. The lowest BCUT2D eigenvalue weighted by Gasteiger charge is -2.13. The van der Waals surface area contributed by atoms with Crippen LogP contribution in [0.25, 0.3) is 0 Å². The van der Waals surface area contributed by atoms with Gasteiger partial charge in [-0.3, -0.25) is 9.59 Å². The van der Waals surface area contributed by atoms with Crippen LogP contribution in [0.3, 0.4) is 0 Å². The molecule has 0 unspecified atom stereocenters. The fourth-order valence-electron chi connectivity index (χ4n) is 2.39. The molecule has 2 aromatic rings. The van der Waals surface area contributed by atoms with Gasteiger partial charge in [0.25, 0.3) is 5.91 Å². The van der Waals surface area contributed by atoms with E-state index in [2.05, 4.69) is 10.6 Å². The van der Waals surface area contributed by atoms with Crippen molar-refractivity contribution < 1.29 is 28.5 Å². The van der Waals surface area contributed by atoms with Crippen LogP contribution >= 0.6 is 11.6 Å². The zero-order chi connectivity index (χ0) is 20.7. The SMILES string of the molecule is COc1cc(OC)c(NC(=O)CNC(=O)c2ccc(OC)c(OC)c2)cc1Cl. The van der Waals surface area contributed by atoms with Gasteiger partial charge in [0.15, 0.2) is 11.5 Å². The second-order valence-corrected chi connectivity index (χ2v) is 5.89. The first-order valence-electron chi connectivity index (χ1n) is 8.15. The molecule has 0 aromatic heterocycles. The minimum Gasteiger partial charge on any atom is -0.495 e. The number of anilines is 1. The third-order valence-corrected chi connectivity index (χ3v) is 4.10. The third kappa shape index (κ3) is 4.98. The number of rotatable bonds is 8. The highest BCUT2D eigenvalue weighted by molar-refractivity contribution is 6.32. The molecule has 28 heavy (non-hydrogen) atoms. The first kappa shape index (κ1) is 21.2. The molecule has 9 heteroatoms. The number of carbonyl (C=O) groups is 2. The van der Waals surface area contributed by atoms with Crippen LogP contribution in [0.15, 0.2) is 30.3 Å². The lowest BCUT2D eigenvalue weighted by molar-refractivity contribution is -0.115. The smallest absolute Gasteiger partial charge is 0.251 e. The van der Waals surface area contributed by atoms with Crippen molar-refractivity contribution in [1.29, 1.82) is 0 Å². The average molecular weight is 409 g/mol. The normalized spacial score (nSPS) is 10.0. The van der Waals surface area contributed by atoms with E-state index in [1.165, 1.54) is 40.6 Å². The van der Waals surface area contributed by atoms with Gasteiger partial charge in [-0.1, -0.05) is 11.6 Å². The summed E-state index contributed by atoms with van der Waals surface area (Å²) >= 11 is 6.08. The van der Waals surface area contributed by atoms with Gasteiger partial charge in [-0.15, -0.1) is 0 Å². The number of hydrogen-bond acceptors (Lipinski definition) is 6. The summed E-state index contributed by atoms with van der Waals surface area (Å²) in [5.74, 6) is 0.820. The van der Waals surface area contributed by atoms with E-state index in [0.29, 0.717) is 39.3 Å². The van der Waals surface area contributed by atoms with Crippen molar-refractivity contribution in [2.24, 2.45) is 0 Å². The van der Waals surface area contributed by atoms with Crippen molar-refractivity contribution >= 4 is 29.1 Å². The van der Waals surface area contributed by atoms with Crippen LogP contribution in [0.2, 0.25) is 5.02 Å². The second kappa shape index (κ2) is 9.70. The Bertz CT molecular complexity index is 872. The first-order chi connectivity index (χ1) is 13.4. The van der Waals surface area contributed by atoms with Gasteiger partial charge in [0, 0.05) is 11.6 Å². The maximum absolute atomic E-state index is 12.3. The summed E-state index contributed by atoms with van der Waals surface area (Å²) in [7, 11) is 5.90. The van der Waals surface area contributed by atoms with E-state index in [0.717, 1.165) is 0 Å². The van der Waals surface area contributed by atoms with E-state index in [1.54, 1.807) is 18.2 Å². The topological polar surface area (TPSA) is 95.1 Å².